The molecule has 57 heavy (non-hydrogen) atoms. The molecular weight excluding hydrogens is 717 g/mol. The SMILES string of the molecule is C1=c2oc3cc(-c4ccc5sc6c(-n7c8ccccc8c8ccccc87)cccc6c5c4)ccc3c2=C(C2NC(c3ccccc3)NC(c3ccccc3)N2)CC1. The molecule has 10 aromatic rings. The molecule has 0 bridgehead atoms. The molecule has 274 valence electrons. The van der Waals surface area contributed by atoms with Crippen LogP contribution in [0.15, 0.2) is 168 Å². The average Bonchev–Trinajstić information content (AvgIpc) is 3.96. The van der Waals surface area contributed by atoms with E-state index in [0.29, 0.717) is 0 Å². The molecule has 1 saturated heterocycles. The first-order chi connectivity index (χ1) is 28.2. The third-order valence-corrected chi connectivity index (χ3v) is 13.2. The van der Waals surface area contributed by atoms with Crippen LogP contribution in [0.3, 0.4) is 0 Å². The van der Waals surface area contributed by atoms with Gasteiger partial charge in [-0.3, -0.25) is 16.0 Å². The van der Waals surface area contributed by atoms with E-state index in [9.17, 15) is 0 Å². The molecule has 0 saturated carbocycles. The summed E-state index contributed by atoms with van der Waals surface area (Å²) in [6, 6.07) is 59.3. The molecule has 2 atom stereocenters. The van der Waals surface area contributed by atoms with Gasteiger partial charge in [0.1, 0.15) is 11.0 Å². The highest BCUT2D eigenvalue weighted by Gasteiger charge is 2.32. The Morgan fingerprint density at radius 1 is 0.526 bits per heavy atom. The standard InChI is InChI=1S/C51H38N4OS/c1-3-13-31(14-4-1)49-52-50(32-15-5-2-6-16-32)54-51(53-49)39-20-12-24-44-47(39)38-27-25-34(30-45(38)56-44)33-26-28-46-40(29-33)37-19-11-23-43(48(37)57-46)55-41-21-9-7-17-35(41)36-18-8-10-22-42(36)55/h1-11,13-19,21-30,49-54H,12,20H2. The summed E-state index contributed by atoms with van der Waals surface area (Å²) in [5.74, 6) is 0. The van der Waals surface area contributed by atoms with Crippen LogP contribution in [0.5, 0.6) is 0 Å². The van der Waals surface area contributed by atoms with Crippen LogP contribution in [-0.2, 0) is 0 Å². The Morgan fingerprint density at radius 3 is 1.86 bits per heavy atom. The minimum Gasteiger partial charge on any atom is -0.456 e. The first-order valence-electron chi connectivity index (χ1n) is 19.8. The van der Waals surface area contributed by atoms with Gasteiger partial charge in [0.25, 0.3) is 0 Å². The molecule has 1 aliphatic carbocycles. The summed E-state index contributed by atoms with van der Waals surface area (Å²) in [6.07, 6.45) is 4.07. The van der Waals surface area contributed by atoms with Gasteiger partial charge < -0.3 is 8.98 Å². The van der Waals surface area contributed by atoms with Crippen LogP contribution in [0.4, 0.5) is 0 Å². The lowest BCUT2D eigenvalue weighted by atomic mass is 9.95. The number of furan rings is 1. The van der Waals surface area contributed by atoms with Crippen LogP contribution in [0.1, 0.15) is 36.3 Å². The first-order valence-corrected chi connectivity index (χ1v) is 20.6. The van der Waals surface area contributed by atoms with Crippen molar-refractivity contribution in [2.75, 3.05) is 0 Å². The fourth-order valence-electron chi connectivity index (χ4n) is 9.39. The Labute approximate surface area is 333 Å². The van der Waals surface area contributed by atoms with Gasteiger partial charge in [-0.1, -0.05) is 121 Å². The Bertz CT molecular complexity index is 3210. The molecule has 1 aliphatic heterocycles. The zero-order valence-electron chi connectivity index (χ0n) is 31.1. The Balaban J connectivity index is 0.953. The van der Waals surface area contributed by atoms with E-state index >= 15 is 0 Å². The van der Waals surface area contributed by atoms with Crippen molar-refractivity contribution in [1.82, 2.24) is 20.5 Å². The smallest absolute Gasteiger partial charge is 0.136 e. The third-order valence-electron chi connectivity index (χ3n) is 12.0. The molecule has 0 radical (unpaired) electrons. The summed E-state index contributed by atoms with van der Waals surface area (Å²) >= 11 is 1.88. The Hall–Kier alpha value is -6.28. The lowest BCUT2D eigenvalue weighted by Gasteiger charge is -2.40. The molecule has 0 spiro atoms. The molecule has 7 aromatic carbocycles. The zero-order chi connectivity index (χ0) is 37.5. The van der Waals surface area contributed by atoms with E-state index in [1.165, 1.54) is 75.1 Å². The highest BCUT2D eigenvalue weighted by molar-refractivity contribution is 7.26. The summed E-state index contributed by atoms with van der Waals surface area (Å²) < 4.78 is 11.7. The van der Waals surface area contributed by atoms with Crippen molar-refractivity contribution in [1.29, 1.82) is 0 Å². The number of rotatable bonds is 5. The second-order valence-electron chi connectivity index (χ2n) is 15.3. The van der Waals surface area contributed by atoms with Crippen molar-refractivity contribution < 1.29 is 4.42 Å². The second-order valence-corrected chi connectivity index (χ2v) is 16.3. The number of nitrogens with zero attached hydrogens (tertiary/aromatic N) is 1. The topological polar surface area (TPSA) is 54.2 Å². The highest BCUT2D eigenvalue weighted by Crippen LogP contribution is 2.42. The second kappa shape index (κ2) is 13.2. The van der Waals surface area contributed by atoms with Crippen molar-refractivity contribution in [3.8, 4) is 16.8 Å². The van der Waals surface area contributed by atoms with Gasteiger partial charge in [-0.25, -0.2) is 0 Å². The molecular formula is C51H38N4OS. The number of aromatic nitrogens is 1. The maximum atomic E-state index is 6.72. The molecule has 1 fully saturated rings. The number of thiophene rings is 1. The van der Waals surface area contributed by atoms with Crippen molar-refractivity contribution in [2.24, 2.45) is 0 Å². The van der Waals surface area contributed by atoms with Gasteiger partial charge in [0.05, 0.1) is 39.9 Å². The van der Waals surface area contributed by atoms with Crippen LogP contribution < -0.4 is 26.6 Å². The number of benzene rings is 7. The van der Waals surface area contributed by atoms with Crippen molar-refractivity contribution in [3.05, 3.63) is 186 Å². The van der Waals surface area contributed by atoms with Gasteiger partial charge >= 0.3 is 0 Å². The lowest BCUT2D eigenvalue weighted by molar-refractivity contribution is 0.231. The fraction of sp³-hybridized carbons (Fsp3) is 0.0980. The van der Waals surface area contributed by atoms with E-state index < -0.39 is 0 Å². The highest BCUT2D eigenvalue weighted by atomic mass is 32.1. The lowest BCUT2D eigenvalue weighted by Crippen LogP contribution is -2.60. The Morgan fingerprint density at radius 2 is 1.14 bits per heavy atom. The number of hydrogen-bond acceptors (Lipinski definition) is 5. The molecule has 3 aromatic heterocycles. The fourth-order valence-corrected chi connectivity index (χ4v) is 10.6. The first kappa shape index (κ1) is 32.9. The van der Waals surface area contributed by atoms with Gasteiger partial charge in [-0.05, 0) is 89.2 Å². The summed E-state index contributed by atoms with van der Waals surface area (Å²) in [4.78, 5) is 0. The number of fused-ring (bicyclic) bond motifs is 9. The van der Waals surface area contributed by atoms with Crippen LogP contribution in [0.25, 0.3) is 81.4 Å². The maximum Gasteiger partial charge on any atom is 0.136 e. The van der Waals surface area contributed by atoms with Crippen molar-refractivity contribution in [3.63, 3.8) is 0 Å². The van der Waals surface area contributed by atoms with Crippen LogP contribution in [0.2, 0.25) is 0 Å². The largest absolute Gasteiger partial charge is 0.456 e. The zero-order valence-corrected chi connectivity index (χ0v) is 31.9. The quantitative estimate of drug-likeness (QED) is 0.164. The van der Waals surface area contributed by atoms with E-state index in [-0.39, 0.29) is 18.5 Å². The van der Waals surface area contributed by atoms with Gasteiger partial charge in [0, 0.05) is 36.8 Å². The number of nitrogens with one attached hydrogen (secondary N) is 3. The molecule has 2 unspecified atom stereocenters. The van der Waals surface area contributed by atoms with Gasteiger partial charge in [-0.2, -0.15) is 0 Å². The van der Waals surface area contributed by atoms with E-state index in [0.717, 1.165) is 34.8 Å². The molecule has 4 heterocycles. The molecule has 12 rings (SSSR count). The van der Waals surface area contributed by atoms with Gasteiger partial charge in [0.15, 0.2) is 0 Å². The average molecular weight is 755 g/mol. The van der Waals surface area contributed by atoms with E-state index in [1.54, 1.807) is 0 Å². The summed E-state index contributed by atoms with van der Waals surface area (Å²) in [5.41, 5.74) is 11.7. The summed E-state index contributed by atoms with van der Waals surface area (Å²) in [7, 11) is 0. The molecule has 0 amide bonds. The van der Waals surface area contributed by atoms with E-state index in [2.05, 4.69) is 190 Å². The normalized spacial score (nSPS) is 18.5. The minimum absolute atomic E-state index is 0.0181. The van der Waals surface area contributed by atoms with Crippen molar-refractivity contribution in [2.45, 2.75) is 31.3 Å². The monoisotopic (exact) mass is 754 g/mol. The third kappa shape index (κ3) is 5.33. The van der Waals surface area contributed by atoms with Crippen LogP contribution >= 0.6 is 11.3 Å². The van der Waals surface area contributed by atoms with Crippen LogP contribution in [0, 0.1) is 0 Å². The predicted molar refractivity (Wildman–Crippen MR) is 237 cm³/mol. The maximum absolute atomic E-state index is 6.72. The summed E-state index contributed by atoms with van der Waals surface area (Å²) in [5, 5.41) is 19.1. The van der Waals surface area contributed by atoms with Gasteiger partial charge in [0.2, 0.25) is 0 Å². The van der Waals surface area contributed by atoms with Gasteiger partial charge in [-0.15, -0.1) is 11.3 Å². The molecule has 5 nitrogen and oxygen atoms in total. The summed E-state index contributed by atoms with van der Waals surface area (Å²) in [6.45, 7) is 0. The predicted octanol–water partition coefficient (Wildman–Crippen LogP) is 10.8. The number of hydrogen-bond donors (Lipinski definition) is 3. The van der Waals surface area contributed by atoms with E-state index in [4.69, 9.17) is 4.42 Å². The molecule has 3 N–H and O–H groups in total. The van der Waals surface area contributed by atoms with E-state index in [1.807, 2.05) is 11.3 Å². The molecule has 6 heteroatoms. The Kier molecular flexibility index (Phi) is 7.60. The minimum atomic E-state index is -0.0451. The van der Waals surface area contributed by atoms with Crippen molar-refractivity contribution >= 4 is 75.9 Å². The van der Waals surface area contributed by atoms with Crippen LogP contribution in [-0.4, -0.2) is 10.7 Å². The number of para-hydroxylation sites is 2. The molecule has 2 aliphatic rings.